The minimum atomic E-state index is -0.681. The molecule has 23 heavy (non-hydrogen) atoms. The Morgan fingerprint density at radius 1 is 1.26 bits per heavy atom. The summed E-state index contributed by atoms with van der Waals surface area (Å²) in [6, 6.07) is 3.77. The largest absolute Gasteiger partial charge is 0.495 e. The summed E-state index contributed by atoms with van der Waals surface area (Å²) in [5.41, 5.74) is 1.09. The summed E-state index contributed by atoms with van der Waals surface area (Å²) in [7, 11) is 1.50. The lowest BCUT2D eigenvalue weighted by atomic mass is 10.2. The average Bonchev–Trinajstić information content (AvgIpc) is 2.47. The van der Waals surface area contributed by atoms with Gasteiger partial charge in [0.05, 0.1) is 12.8 Å². The van der Waals surface area contributed by atoms with Gasteiger partial charge in [0, 0.05) is 19.2 Å². The number of amides is 4. The molecule has 1 atom stereocenters. The number of ether oxygens (including phenoxy) is 1. The Kier molecular flexibility index (Phi) is 6.85. The van der Waals surface area contributed by atoms with Crippen molar-refractivity contribution in [1.29, 1.82) is 0 Å². The number of rotatable bonds is 6. The highest BCUT2D eigenvalue weighted by Gasteiger charge is 2.17. The molecule has 1 aromatic rings. The van der Waals surface area contributed by atoms with E-state index in [0.29, 0.717) is 23.7 Å². The predicted molar refractivity (Wildman–Crippen MR) is 87.6 cm³/mol. The lowest BCUT2D eigenvalue weighted by molar-refractivity contribution is -0.120. The molecule has 0 aliphatic heterocycles. The van der Waals surface area contributed by atoms with Crippen molar-refractivity contribution in [1.82, 2.24) is 10.6 Å². The molecule has 1 rings (SSSR count). The molecule has 1 aromatic carbocycles. The number of hydrogen-bond donors (Lipinski definition) is 4. The molecule has 0 saturated heterocycles. The van der Waals surface area contributed by atoms with Gasteiger partial charge < -0.3 is 20.7 Å². The van der Waals surface area contributed by atoms with E-state index in [1.165, 1.54) is 14.0 Å². The fourth-order valence-corrected chi connectivity index (χ4v) is 1.83. The number of nitrogens with one attached hydrogen (secondary N) is 4. The maximum atomic E-state index is 11.9. The van der Waals surface area contributed by atoms with Crippen molar-refractivity contribution in [2.75, 3.05) is 24.3 Å². The van der Waals surface area contributed by atoms with Crippen LogP contribution in [0.3, 0.4) is 0 Å². The van der Waals surface area contributed by atoms with Crippen molar-refractivity contribution >= 4 is 29.2 Å². The topological polar surface area (TPSA) is 109 Å². The van der Waals surface area contributed by atoms with Crippen molar-refractivity contribution in [2.24, 2.45) is 0 Å². The summed E-state index contributed by atoms with van der Waals surface area (Å²) in [4.78, 5) is 34.4. The molecular formula is C15H22N4O4. The van der Waals surface area contributed by atoms with E-state index in [0.717, 1.165) is 0 Å². The highest BCUT2D eigenvalue weighted by Crippen LogP contribution is 2.28. The SMILES string of the molecule is CCNC(=O)NC(=O)[C@H](C)Nc1cc(NC(C)=O)ccc1OC. The molecule has 0 aliphatic rings. The molecule has 0 spiro atoms. The molecule has 0 saturated carbocycles. The summed E-state index contributed by atoms with van der Waals surface area (Å²) in [6.45, 7) is 5.19. The van der Waals surface area contributed by atoms with Crippen LogP contribution in [-0.4, -0.2) is 37.5 Å². The number of imide groups is 1. The first kappa shape index (κ1) is 18.3. The number of urea groups is 1. The summed E-state index contributed by atoms with van der Waals surface area (Å²) in [5, 5.41) is 10.3. The minimum absolute atomic E-state index is 0.205. The lowest BCUT2D eigenvalue weighted by Crippen LogP contribution is -2.45. The number of carbonyl (C=O) groups is 3. The maximum absolute atomic E-state index is 11.9. The van der Waals surface area contributed by atoms with E-state index in [9.17, 15) is 14.4 Å². The van der Waals surface area contributed by atoms with Gasteiger partial charge in [0.25, 0.3) is 0 Å². The van der Waals surface area contributed by atoms with Crippen molar-refractivity contribution in [2.45, 2.75) is 26.8 Å². The molecule has 0 heterocycles. The van der Waals surface area contributed by atoms with E-state index in [4.69, 9.17) is 4.74 Å². The third-order valence-corrected chi connectivity index (χ3v) is 2.86. The minimum Gasteiger partial charge on any atom is -0.495 e. The molecule has 0 fully saturated rings. The van der Waals surface area contributed by atoms with Crippen LogP contribution in [0.5, 0.6) is 5.75 Å². The first-order valence-electron chi connectivity index (χ1n) is 7.18. The smallest absolute Gasteiger partial charge is 0.321 e. The third-order valence-electron chi connectivity index (χ3n) is 2.86. The van der Waals surface area contributed by atoms with Gasteiger partial charge in [0.15, 0.2) is 0 Å². The zero-order chi connectivity index (χ0) is 17.4. The van der Waals surface area contributed by atoms with Crippen molar-refractivity contribution in [3.8, 4) is 5.75 Å². The second kappa shape index (κ2) is 8.62. The molecule has 0 aromatic heterocycles. The van der Waals surface area contributed by atoms with Gasteiger partial charge in [0.2, 0.25) is 11.8 Å². The molecule has 8 heteroatoms. The first-order chi connectivity index (χ1) is 10.9. The Morgan fingerprint density at radius 3 is 2.52 bits per heavy atom. The average molecular weight is 322 g/mol. The van der Waals surface area contributed by atoms with Gasteiger partial charge in [0.1, 0.15) is 11.8 Å². The molecule has 126 valence electrons. The summed E-state index contributed by atoms with van der Waals surface area (Å²) in [6.07, 6.45) is 0. The highest BCUT2D eigenvalue weighted by atomic mass is 16.5. The Bertz CT molecular complexity index is 589. The second-order valence-corrected chi connectivity index (χ2v) is 4.81. The van der Waals surface area contributed by atoms with Gasteiger partial charge in [-0.25, -0.2) is 4.79 Å². The third kappa shape index (κ3) is 5.85. The standard InChI is InChI=1S/C15H22N4O4/c1-5-16-15(22)19-14(21)9(2)17-12-8-11(18-10(3)20)6-7-13(12)23-4/h6-9,17H,5H2,1-4H3,(H,18,20)(H2,16,19,21,22)/t9-/m0/s1. The van der Waals surface area contributed by atoms with E-state index in [2.05, 4.69) is 21.3 Å². The normalized spacial score (nSPS) is 11.1. The van der Waals surface area contributed by atoms with Crippen LogP contribution in [-0.2, 0) is 9.59 Å². The molecule has 0 radical (unpaired) electrons. The van der Waals surface area contributed by atoms with Gasteiger partial charge in [-0.15, -0.1) is 0 Å². The molecule has 4 amide bonds. The Labute approximate surface area is 135 Å². The monoisotopic (exact) mass is 322 g/mol. The number of anilines is 2. The highest BCUT2D eigenvalue weighted by molar-refractivity contribution is 5.98. The maximum Gasteiger partial charge on any atom is 0.321 e. The van der Waals surface area contributed by atoms with Crippen LogP contribution in [0.15, 0.2) is 18.2 Å². The van der Waals surface area contributed by atoms with Crippen LogP contribution in [0.4, 0.5) is 16.2 Å². The van der Waals surface area contributed by atoms with Crippen LogP contribution in [0.2, 0.25) is 0 Å². The summed E-state index contributed by atoms with van der Waals surface area (Å²) >= 11 is 0. The molecular weight excluding hydrogens is 300 g/mol. The van der Waals surface area contributed by atoms with Crippen molar-refractivity contribution in [3.63, 3.8) is 0 Å². The Balaban J connectivity index is 2.82. The Hall–Kier alpha value is -2.77. The fourth-order valence-electron chi connectivity index (χ4n) is 1.83. The lowest BCUT2D eigenvalue weighted by Gasteiger charge is -2.18. The van der Waals surface area contributed by atoms with Gasteiger partial charge in [-0.2, -0.15) is 0 Å². The van der Waals surface area contributed by atoms with Crippen LogP contribution in [0.25, 0.3) is 0 Å². The van der Waals surface area contributed by atoms with Gasteiger partial charge in [-0.1, -0.05) is 0 Å². The van der Waals surface area contributed by atoms with Crippen LogP contribution in [0.1, 0.15) is 20.8 Å². The van der Waals surface area contributed by atoms with Crippen LogP contribution < -0.4 is 26.0 Å². The van der Waals surface area contributed by atoms with E-state index in [-0.39, 0.29) is 5.91 Å². The van der Waals surface area contributed by atoms with Crippen molar-refractivity contribution in [3.05, 3.63) is 18.2 Å². The zero-order valence-electron chi connectivity index (χ0n) is 13.6. The van der Waals surface area contributed by atoms with Gasteiger partial charge in [-0.3, -0.25) is 14.9 Å². The van der Waals surface area contributed by atoms with Crippen LogP contribution >= 0.6 is 0 Å². The molecule has 4 N–H and O–H groups in total. The van der Waals surface area contributed by atoms with E-state index in [1.807, 2.05) is 0 Å². The summed E-state index contributed by atoms with van der Waals surface area (Å²) < 4.78 is 5.22. The second-order valence-electron chi connectivity index (χ2n) is 4.81. The first-order valence-corrected chi connectivity index (χ1v) is 7.18. The zero-order valence-corrected chi connectivity index (χ0v) is 13.6. The number of carbonyl (C=O) groups excluding carboxylic acids is 3. The number of benzene rings is 1. The molecule has 8 nitrogen and oxygen atoms in total. The fraction of sp³-hybridized carbons (Fsp3) is 0.400. The van der Waals surface area contributed by atoms with Crippen LogP contribution in [0, 0.1) is 0 Å². The quantitative estimate of drug-likeness (QED) is 0.631. The van der Waals surface area contributed by atoms with Crippen molar-refractivity contribution < 1.29 is 19.1 Å². The van der Waals surface area contributed by atoms with Gasteiger partial charge in [-0.05, 0) is 32.0 Å². The Morgan fingerprint density at radius 2 is 1.96 bits per heavy atom. The predicted octanol–water partition coefficient (Wildman–Crippen LogP) is 1.30. The number of methoxy groups -OCH3 is 1. The summed E-state index contributed by atoms with van der Waals surface area (Å²) in [5.74, 6) is -0.178. The van der Waals surface area contributed by atoms with E-state index in [1.54, 1.807) is 32.0 Å². The molecule has 0 unspecified atom stereocenters. The van der Waals surface area contributed by atoms with E-state index < -0.39 is 18.0 Å². The molecule has 0 bridgehead atoms. The van der Waals surface area contributed by atoms with Gasteiger partial charge >= 0.3 is 6.03 Å². The molecule has 0 aliphatic carbocycles. The van der Waals surface area contributed by atoms with E-state index >= 15 is 0 Å². The number of hydrogen-bond acceptors (Lipinski definition) is 5.